The fourth-order valence-electron chi connectivity index (χ4n) is 0.694. The van der Waals surface area contributed by atoms with Crippen LogP contribution in [-0.2, 0) is 6.54 Å². The van der Waals surface area contributed by atoms with Crippen LogP contribution in [0, 0.1) is 0 Å². The molecule has 0 bridgehead atoms. The molecule has 0 aliphatic carbocycles. The highest BCUT2D eigenvalue weighted by atomic mass is 35.5. The summed E-state index contributed by atoms with van der Waals surface area (Å²) in [5.74, 6) is 0.718. The topological polar surface area (TPSA) is 63.8 Å². The number of tetrazole rings is 1. The molecule has 1 aromatic rings. The van der Waals surface area contributed by atoms with Crippen LogP contribution >= 0.6 is 23.4 Å². The van der Waals surface area contributed by atoms with Gasteiger partial charge in [0, 0.05) is 11.3 Å². The Labute approximate surface area is 84.8 Å². The molecule has 13 heavy (non-hydrogen) atoms. The van der Waals surface area contributed by atoms with E-state index in [1.165, 1.54) is 17.3 Å². The molecule has 72 valence electrons. The van der Waals surface area contributed by atoms with Crippen molar-refractivity contribution in [3.05, 3.63) is 11.6 Å². The van der Waals surface area contributed by atoms with Crippen molar-refractivity contribution < 1.29 is 5.11 Å². The molecule has 0 aliphatic heterocycles. The Bertz CT molecular complexity index is 277. The van der Waals surface area contributed by atoms with Gasteiger partial charge < -0.3 is 5.11 Å². The van der Waals surface area contributed by atoms with Gasteiger partial charge in [0.2, 0.25) is 5.16 Å². The van der Waals surface area contributed by atoms with Crippen molar-refractivity contribution in [2.75, 3.05) is 12.4 Å². The Morgan fingerprint density at radius 3 is 3.15 bits per heavy atom. The minimum Gasteiger partial charge on any atom is -0.394 e. The number of nitrogens with zero attached hydrogens (tertiary/aromatic N) is 4. The van der Waals surface area contributed by atoms with Crippen LogP contribution in [0.15, 0.2) is 16.8 Å². The third-order valence-electron chi connectivity index (χ3n) is 1.21. The van der Waals surface area contributed by atoms with Crippen molar-refractivity contribution in [2.24, 2.45) is 0 Å². The smallest absolute Gasteiger partial charge is 0.209 e. The summed E-state index contributed by atoms with van der Waals surface area (Å²) in [6.07, 6.45) is 1.80. The van der Waals surface area contributed by atoms with E-state index in [0.29, 0.717) is 11.7 Å². The highest BCUT2D eigenvalue weighted by molar-refractivity contribution is 7.99. The van der Waals surface area contributed by atoms with Crippen molar-refractivity contribution in [1.82, 2.24) is 20.2 Å². The molecule has 0 spiro atoms. The van der Waals surface area contributed by atoms with Gasteiger partial charge in [-0.1, -0.05) is 29.4 Å². The molecule has 0 radical (unpaired) electrons. The molecule has 0 fully saturated rings. The Morgan fingerprint density at radius 2 is 2.46 bits per heavy atom. The third-order valence-corrected chi connectivity index (χ3v) is 2.30. The number of rotatable bonds is 5. The van der Waals surface area contributed by atoms with Gasteiger partial charge >= 0.3 is 0 Å². The third kappa shape index (κ3) is 3.33. The molecule has 1 rings (SSSR count). The van der Waals surface area contributed by atoms with Crippen LogP contribution in [0.1, 0.15) is 0 Å². The highest BCUT2D eigenvalue weighted by Gasteiger charge is 2.03. The average molecular weight is 221 g/mol. The van der Waals surface area contributed by atoms with Gasteiger partial charge in [0.15, 0.2) is 0 Å². The number of halogens is 1. The van der Waals surface area contributed by atoms with Gasteiger partial charge in [0.1, 0.15) is 0 Å². The fraction of sp³-hybridized carbons (Fsp3) is 0.500. The maximum atomic E-state index is 8.67. The number of thioether (sulfide) groups is 1. The van der Waals surface area contributed by atoms with Gasteiger partial charge in [0.25, 0.3) is 0 Å². The van der Waals surface area contributed by atoms with Crippen LogP contribution in [0.4, 0.5) is 0 Å². The zero-order valence-corrected chi connectivity index (χ0v) is 8.37. The molecule has 0 aromatic carbocycles. The van der Waals surface area contributed by atoms with E-state index in [0.717, 1.165) is 5.75 Å². The minimum absolute atomic E-state index is 0.0317. The van der Waals surface area contributed by atoms with Crippen LogP contribution in [0.3, 0.4) is 0 Å². The highest BCUT2D eigenvalue weighted by Crippen LogP contribution is 2.13. The zero-order chi connectivity index (χ0) is 9.52. The molecule has 0 saturated heterocycles. The van der Waals surface area contributed by atoms with Gasteiger partial charge in [-0.2, -0.15) is 0 Å². The first-order valence-electron chi connectivity index (χ1n) is 3.63. The first-order chi connectivity index (χ1) is 6.38. The van der Waals surface area contributed by atoms with Crippen LogP contribution in [0.2, 0.25) is 0 Å². The number of aliphatic hydroxyl groups excluding tert-OH is 1. The van der Waals surface area contributed by atoms with Crippen molar-refractivity contribution in [2.45, 2.75) is 11.7 Å². The lowest BCUT2D eigenvalue weighted by Gasteiger charge is -1.98. The van der Waals surface area contributed by atoms with E-state index in [4.69, 9.17) is 16.7 Å². The second-order valence-electron chi connectivity index (χ2n) is 2.08. The predicted octanol–water partition coefficient (Wildman–Crippen LogP) is 0.510. The monoisotopic (exact) mass is 220 g/mol. The largest absolute Gasteiger partial charge is 0.394 e. The molecule has 0 atom stereocenters. The summed E-state index contributed by atoms with van der Waals surface area (Å²) >= 11 is 6.81. The van der Waals surface area contributed by atoms with E-state index in [2.05, 4.69) is 15.5 Å². The van der Waals surface area contributed by atoms with E-state index < -0.39 is 0 Å². The molecule has 0 amide bonds. The molecule has 7 heteroatoms. The molecule has 1 aromatic heterocycles. The second-order valence-corrected chi connectivity index (χ2v) is 3.32. The summed E-state index contributed by atoms with van der Waals surface area (Å²) in [5.41, 5.74) is 1.45. The molecule has 1 N–H and O–H groups in total. The summed E-state index contributed by atoms with van der Waals surface area (Å²) in [4.78, 5) is 0. The van der Waals surface area contributed by atoms with Crippen molar-refractivity contribution in [3.8, 4) is 0 Å². The SMILES string of the molecule is OCCn1nnnc1SCC=CCl. The molecule has 0 unspecified atom stereocenters. The Balaban J connectivity index is 2.49. The van der Waals surface area contributed by atoms with Crippen LogP contribution in [0.5, 0.6) is 0 Å². The normalized spacial score (nSPS) is 11.2. The van der Waals surface area contributed by atoms with Gasteiger partial charge in [-0.25, -0.2) is 4.68 Å². The van der Waals surface area contributed by atoms with Crippen LogP contribution in [0.25, 0.3) is 0 Å². The molecule has 0 saturated carbocycles. The second kappa shape index (κ2) is 5.95. The van der Waals surface area contributed by atoms with Crippen molar-refractivity contribution in [3.63, 3.8) is 0 Å². The van der Waals surface area contributed by atoms with Crippen LogP contribution < -0.4 is 0 Å². The lowest BCUT2D eigenvalue weighted by atomic mass is 10.7. The molecule has 5 nitrogen and oxygen atoms in total. The van der Waals surface area contributed by atoms with Crippen molar-refractivity contribution in [1.29, 1.82) is 0 Å². The van der Waals surface area contributed by atoms with E-state index in [1.54, 1.807) is 10.8 Å². The van der Waals surface area contributed by atoms with Gasteiger partial charge in [0.05, 0.1) is 13.2 Å². The molecular weight excluding hydrogens is 212 g/mol. The van der Waals surface area contributed by atoms with E-state index in [-0.39, 0.29) is 6.61 Å². The quantitative estimate of drug-likeness (QED) is 0.733. The van der Waals surface area contributed by atoms with Crippen molar-refractivity contribution >= 4 is 23.4 Å². The summed E-state index contributed by atoms with van der Waals surface area (Å²) in [6.45, 7) is 0.448. The van der Waals surface area contributed by atoms with E-state index >= 15 is 0 Å². The average Bonchev–Trinajstić information content (AvgIpc) is 2.54. The van der Waals surface area contributed by atoms with E-state index in [9.17, 15) is 0 Å². The Hall–Kier alpha value is -0.590. The molecule has 1 heterocycles. The minimum atomic E-state index is 0.0317. The molecule has 0 aliphatic rings. The first-order valence-corrected chi connectivity index (χ1v) is 5.05. The number of hydrogen-bond donors (Lipinski definition) is 1. The fourth-order valence-corrected chi connectivity index (χ4v) is 1.60. The van der Waals surface area contributed by atoms with Gasteiger partial charge in [-0.3, -0.25) is 0 Å². The van der Waals surface area contributed by atoms with Gasteiger partial charge in [-0.15, -0.1) is 5.10 Å². The maximum Gasteiger partial charge on any atom is 0.209 e. The first kappa shape index (κ1) is 10.5. The lowest BCUT2D eigenvalue weighted by Crippen LogP contribution is -2.05. The maximum absolute atomic E-state index is 8.67. The summed E-state index contributed by atoms with van der Waals surface area (Å²) in [7, 11) is 0. The van der Waals surface area contributed by atoms with Gasteiger partial charge in [-0.05, 0) is 10.4 Å². The zero-order valence-electron chi connectivity index (χ0n) is 6.80. The Kier molecular flexibility index (Phi) is 4.81. The summed E-state index contributed by atoms with van der Waals surface area (Å²) < 4.78 is 1.55. The Morgan fingerprint density at radius 1 is 1.62 bits per heavy atom. The summed E-state index contributed by atoms with van der Waals surface area (Å²) in [5, 5.41) is 20.3. The number of aromatic nitrogens is 4. The standard InChI is InChI=1S/C6H9ClN4OS/c7-2-1-5-13-6-8-9-10-11(6)3-4-12/h1-2,12H,3-5H2. The van der Waals surface area contributed by atoms with Crippen LogP contribution in [-0.4, -0.2) is 37.7 Å². The predicted molar refractivity (Wildman–Crippen MR) is 50.6 cm³/mol. The van der Waals surface area contributed by atoms with E-state index in [1.807, 2.05) is 0 Å². The lowest BCUT2D eigenvalue weighted by molar-refractivity contribution is 0.262. The summed E-state index contributed by atoms with van der Waals surface area (Å²) in [6, 6.07) is 0. The molecular formula is C6H9ClN4OS. The number of hydrogen-bond acceptors (Lipinski definition) is 5. The number of aliphatic hydroxyl groups is 1.